The molecule has 3 rings (SSSR count). The number of ether oxygens (including phenoxy) is 2. The molecule has 1 unspecified atom stereocenters. The molecule has 1 aliphatic rings. The van der Waals surface area contributed by atoms with Crippen molar-refractivity contribution in [3.8, 4) is 11.5 Å². The van der Waals surface area contributed by atoms with Crippen LogP contribution in [-0.2, 0) is 14.8 Å². The third kappa shape index (κ3) is 3.82. The lowest BCUT2D eigenvalue weighted by molar-refractivity contribution is -0.119. The molecule has 1 amide bonds. The van der Waals surface area contributed by atoms with Crippen molar-refractivity contribution in [2.75, 3.05) is 14.2 Å². The van der Waals surface area contributed by atoms with E-state index in [1.807, 2.05) is 12.1 Å². The number of methoxy groups -OCH3 is 2. The zero-order valence-electron chi connectivity index (χ0n) is 15.1. The Morgan fingerprint density at radius 3 is 2.36 bits per heavy atom. The molecule has 1 heterocycles. The van der Waals surface area contributed by atoms with Gasteiger partial charge in [-0.05, 0) is 23.8 Å². The summed E-state index contributed by atoms with van der Waals surface area (Å²) in [5, 5.41) is 11.5. The molecular weight excluding hydrogens is 406 g/mol. The van der Waals surface area contributed by atoms with E-state index < -0.39 is 10.0 Å². The van der Waals surface area contributed by atoms with Crippen LogP contribution in [0.15, 0.2) is 46.4 Å². The fraction of sp³-hybridized carbons (Fsp3) is 0.222. The Kier molecular flexibility index (Phi) is 5.59. The second-order valence-corrected chi connectivity index (χ2v) is 8.02. The average molecular weight is 424 g/mol. The van der Waals surface area contributed by atoms with Crippen LogP contribution in [0, 0.1) is 0 Å². The molecule has 10 heteroatoms. The Morgan fingerprint density at radius 1 is 1.18 bits per heavy atom. The number of sulfonamides is 1. The van der Waals surface area contributed by atoms with Gasteiger partial charge in [0.2, 0.25) is 16.4 Å². The Bertz CT molecular complexity index is 1040. The minimum atomic E-state index is -4.05. The van der Waals surface area contributed by atoms with E-state index in [1.54, 1.807) is 12.1 Å². The average Bonchev–Trinajstić information content (AvgIpc) is 3.10. The largest absolute Gasteiger partial charge is 0.496 e. The molecule has 1 atom stereocenters. The lowest BCUT2D eigenvalue weighted by Crippen LogP contribution is -2.17. The van der Waals surface area contributed by atoms with Crippen molar-refractivity contribution in [1.82, 2.24) is 5.01 Å². The van der Waals surface area contributed by atoms with Gasteiger partial charge in [-0.25, -0.2) is 18.6 Å². The summed E-state index contributed by atoms with van der Waals surface area (Å²) in [6.07, 6.45) is 0.968. The molecule has 0 spiro atoms. The van der Waals surface area contributed by atoms with Crippen LogP contribution in [0.2, 0.25) is 5.02 Å². The van der Waals surface area contributed by atoms with Gasteiger partial charge in [0.15, 0.2) is 0 Å². The molecule has 0 aromatic heterocycles. The van der Waals surface area contributed by atoms with Crippen LogP contribution in [0.3, 0.4) is 0 Å². The molecule has 2 aromatic carbocycles. The van der Waals surface area contributed by atoms with E-state index in [2.05, 4.69) is 5.10 Å². The lowest BCUT2D eigenvalue weighted by atomic mass is 9.98. The monoisotopic (exact) mass is 423 g/mol. The molecule has 148 valence electrons. The molecule has 8 nitrogen and oxygen atoms in total. The molecule has 0 fully saturated rings. The van der Waals surface area contributed by atoms with Crippen LogP contribution in [-0.4, -0.2) is 39.8 Å². The second kappa shape index (κ2) is 7.78. The molecule has 0 radical (unpaired) electrons. The summed E-state index contributed by atoms with van der Waals surface area (Å²) in [5.41, 5.74) is 1.74. The van der Waals surface area contributed by atoms with Crippen molar-refractivity contribution in [2.45, 2.75) is 17.4 Å². The van der Waals surface area contributed by atoms with Crippen LogP contribution in [0.1, 0.15) is 23.6 Å². The summed E-state index contributed by atoms with van der Waals surface area (Å²) in [5.74, 6) is 0.411. The van der Waals surface area contributed by atoms with Crippen LogP contribution in [0.4, 0.5) is 0 Å². The van der Waals surface area contributed by atoms with E-state index >= 15 is 0 Å². The van der Waals surface area contributed by atoms with Gasteiger partial charge in [0.25, 0.3) is 0 Å². The predicted octanol–water partition coefficient (Wildman–Crippen LogP) is 2.31. The SMILES string of the molecule is COc1cc(OC)c(S(N)(=O)=O)cc1C1=NN(C=O)C(c2ccc(Cl)cc2)C1. The molecule has 28 heavy (non-hydrogen) atoms. The van der Waals surface area contributed by atoms with Gasteiger partial charge in [0.05, 0.1) is 26.0 Å². The van der Waals surface area contributed by atoms with Crippen molar-refractivity contribution in [1.29, 1.82) is 0 Å². The molecule has 0 aliphatic carbocycles. The maximum atomic E-state index is 12.0. The first-order chi connectivity index (χ1) is 13.3. The van der Waals surface area contributed by atoms with E-state index in [4.69, 9.17) is 26.2 Å². The van der Waals surface area contributed by atoms with Crippen molar-refractivity contribution >= 4 is 33.7 Å². The Balaban J connectivity index is 2.07. The zero-order valence-corrected chi connectivity index (χ0v) is 16.7. The van der Waals surface area contributed by atoms with Gasteiger partial charge in [-0.15, -0.1) is 0 Å². The number of amides is 1. The highest BCUT2D eigenvalue weighted by Gasteiger charge is 2.31. The van der Waals surface area contributed by atoms with E-state index in [0.29, 0.717) is 34.9 Å². The van der Waals surface area contributed by atoms with Gasteiger partial charge in [0, 0.05) is 23.1 Å². The zero-order chi connectivity index (χ0) is 20.5. The highest BCUT2D eigenvalue weighted by Crippen LogP contribution is 2.37. The number of primary sulfonamides is 1. The van der Waals surface area contributed by atoms with Crippen LogP contribution in [0.25, 0.3) is 0 Å². The highest BCUT2D eigenvalue weighted by molar-refractivity contribution is 7.89. The molecule has 2 N–H and O–H groups in total. The van der Waals surface area contributed by atoms with Crippen LogP contribution < -0.4 is 14.6 Å². The van der Waals surface area contributed by atoms with Gasteiger partial charge < -0.3 is 9.47 Å². The number of halogens is 1. The first-order valence-corrected chi connectivity index (χ1v) is 10.1. The highest BCUT2D eigenvalue weighted by atomic mass is 35.5. The summed E-state index contributed by atoms with van der Waals surface area (Å²) in [7, 11) is -1.27. The summed E-state index contributed by atoms with van der Waals surface area (Å²) >= 11 is 5.93. The molecule has 0 saturated carbocycles. The molecule has 0 bridgehead atoms. The van der Waals surface area contributed by atoms with E-state index in [-0.39, 0.29) is 16.7 Å². The van der Waals surface area contributed by atoms with Gasteiger partial charge in [-0.1, -0.05) is 23.7 Å². The molecule has 0 saturated heterocycles. The van der Waals surface area contributed by atoms with Crippen molar-refractivity contribution in [3.63, 3.8) is 0 Å². The minimum Gasteiger partial charge on any atom is -0.496 e. The summed E-state index contributed by atoms with van der Waals surface area (Å²) in [4.78, 5) is 11.3. The van der Waals surface area contributed by atoms with Crippen molar-refractivity contribution < 1.29 is 22.7 Å². The number of hydrogen-bond acceptors (Lipinski definition) is 6. The Morgan fingerprint density at radius 2 is 1.82 bits per heavy atom. The summed E-state index contributed by atoms with van der Waals surface area (Å²) in [6.45, 7) is 0. The quantitative estimate of drug-likeness (QED) is 0.716. The number of carbonyl (C=O) groups excluding carboxylic acids is 1. The molecule has 1 aliphatic heterocycles. The number of benzene rings is 2. The maximum Gasteiger partial charge on any atom is 0.241 e. The van der Waals surface area contributed by atoms with Gasteiger partial charge in [-0.3, -0.25) is 4.79 Å². The number of hydrogen-bond donors (Lipinski definition) is 1. The van der Waals surface area contributed by atoms with E-state index in [1.165, 1.54) is 31.4 Å². The second-order valence-electron chi connectivity index (χ2n) is 6.05. The summed E-state index contributed by atoms with van der Waals surface area (Å²) < 4.78 is 34.4. The Labute approximate surface area is 167 Å². The van der Waals surface area contributed by atoms with Crippen LogP contribution >= 0.6 is 11.6 Å². The van der Waals surface area contributed by atoms with Gasteiger partial charge >= 0.3 is 0 Å². The predicted molar refractivity (Wildman–Crippen MR) is 104 cm³/mol. The first kappa shape index (κ1) is 20.1. The van der Waals surface area contributed by atoms with Crippen LogP contribution in [0.5, 0.6) is 11.5 Å². The summed E-state index contributed by atoms with van der Waals surface area (Å²) in [6, 6.07) is 9.49. The van der Waals surface area contributed by atoms with Crippen molar-refractivity contribution in [2.24, 2.45) is 10.2 Å². The van der Waals surface area contributed by atoms with E-state index in [9.17, 15) is 13.2 Å². The van der Waals surface area contributed by atoms with Crippen molar-refractivity contribution in [3.05, 3.63) is 52.5 Å². The molecular formula is C18H18ClN3O5S. The number of nitrogens with zero attached hydrogens (tertiary/aromatic N) is 2. The fourth-order valence-corrected chi connectivity index (χ4v) is 3.89. The smallest absolute Gasteiger partial charge is 0.241 e. The lowest BCUT2D eigenvalue weighted by Gasteiger charge is -2.17. The third-order valence-electron chi connectivity index (χ3n) is 4.41. The number of hydrazone groups is 1. The standard InChI is InChI=1S/C18H18ClN3O5S/c1-26-16-9-17(27-2)18(28(20,24)25)7-13(16)14-8-15(22(10-23)21-14)11-3-5-12(19)6-4-11/h3-7,9-10,15H,8H2,1-2H3,(H2,20,24,25). The maximum absolute atomic E-state index is 12.0. The number of nitrogens with two attached hydrogens (primary N) is 1. The minimum absolute atomic E-state index is 0.0585. The number of rotatable bonds is 6. The Hall–Kier alpha value is -2.62. The van der Waals surface area contributed by atoms with Gasteiger partial charge in [0.1, 0.15) is 16.4 Å². The first-order valence-electron chi connectivity index (χ1n) is 8.14. The molecule has 2 aromatic rings. The van der Waals surface area contributed by atoms with Gasteiger partial charge in [-0.2, -0.15) is 5.10 Å². The fourth-order valence-electron chi connectivity index (χ4n) is 3.06. The third-order valence-corrected chi connectivity index (χ3v) is 5.59. The number of carbonyl (C=O) groups is 1. The topological polar surface area (TPSA) is 111 Å². The normalized spacial score (nSPS) is 16.6. The van der Waals surface area contributed by atoms with E-state index in [0.717, 1.165) is 5.56 Å².